The number of fused-ring (bicyclic) bond motifs is 2. The van der Waals surface area contributed by atoms with Gasteiger partial charge in [0.2, 0.25) is 16.8 Å². The molecule has 2 saturated heterocycles. The van der Waals surface area contributed by atoms with Crippen LogP contribution in [0, 0.1) is 11.8 Å². The minimum Gasteiger partial charge on any atom is -0.494 e. The number of carbonyl (C=O) groups is 2. The molecule has 0 radical (unpaired) electrons. The van der Waals surface area contributed by atoms with Crippen LogP contribution in [-0.4, -0.2) is 108 Å². The van der Waals surface area contributed by atoms with Gasteiger partial charge in [0.15, 0.2) is 17.8 Å². The molecule has 2 aromatic rings. The molecule has 0 aromatic heterocycles. The van der Waals surface area contributed by atoms with Crippen molar-refractivity contribution in [3.8, 4) is 17.2 Å². The number of benzene rings is 2. The Hall–Kier alpha value is -3.83. The van der Waals surface area contributed by atoms with Crippen molar-refractivity contribution < 1.29 is 56.3 Å². The predicted molar refractivity (Wildman–Crippen MR) is 174 cm³/mol. The summed E-state index contributed by atoms with van der Waals surface area (Å²) < 4.78 is 66.9. The Labute approximate surface area is 286 Å². The molecule has 0 spiro atoms. The number of rotatable bonds is 16. The summed E-state index contributed by atoms with van der Waals surface area (Å²) in [6.07, 6.45) is -2.06. The zero-order chi connectivity index (χ0) is 35.0. The molecule has 15 nitrogen and oxygen atoms in total. The number of nitrogens with one attached hydrogen (secondary N) is 2. The van der Waals surface area contributed by atoms with Crippen molar-refractivity contribution in [1.29, 1.82) is 0 Å². The van der Waals surface area contributed by atoms with Crippen molar-refractivity contribution in [2.75, 3.05) is 53.4 Å². The number of ether oxygens (including phenoxy) is 7. The highest BCUT2D eigenvalue weighted by molar-refractivity contribution is 7.89. The van der Waals surface area contributed by atoms with Gasteiger partial charge < -0.3 is 48.9 Å². The van der Waals surface area contributed by atoms with E-state index in [4.69, 9.17) is 28.4 Å². The van der Waals surface area contributed by atoms with Gasteiger partial charge in [-0.15, -0.1) is 0 Å². The first-order valence-corrected chi connectivity index (χ1v) is 17.8. The van der Waals surface area contributed by atoms with Gasteiger partial charge in [-0.3, -0.25) is 0 Å². The fourth-order valence-corrected chi connectivity index (χ4v) is 7.49. The number of carbonyl (C=O) groups excluding carboxylic acids is 2. The lowest BCUT2D eigenvalue weighted by atomic mass is 10.0. The molecule has 5 rings (SSSR count). The van der Waals surface area contributed by atoms with E-state index in [0.717, 1.165) is 5.56 Å². The molecular formula is C33H45N3O12S. The second-order valence-electron chi connectivity index (χ2n) is 12.5. The largest absolute Gasteiger partial charge is 0.494 e. The van der Waals surface area contributed by atoms with Crippen molar-refractivity contribution >= 4 is 22.2 Å². The smallest absolute Gasteiger partial charge is 0.407 e. The molecule has 5 atom stereocenters. The van der Waals surface area contributed by atoms with Crippen molar-refractivity contribution in [2.24, 2.45) is 11.8 Å². The maximum absolute atomic E-state index is 13.9. The fourth-order valence-electron chi connectivity index (χ4n) is 5.85. The van der Waals surface area contributed by atoms with Gasteiger partial charge in [-0.05, 0) is 55.0 Å². The molecule has 2 aromatic carbocycles. The van der Waals surface area contributed by atoms with E-state index in [1.165, 1.54) is 23.5 Å². The Balaban J connectivity index is 1.28. The molecule has 0 aliphatic carbocycles. The molecule has 270 valence electrons. The van der Waals surface area contributed by atoms with E-state index < -0.39 is 46.7 Å². The molecular weight excluding hydrogens is 662 g/mol. The first-order valence-electron chi connectivity index (χ1n) is 16.3. The highest BCUT2D eigenvalue weighted by atomic mass is 32.2. The van der Waals surface area contributed by atoms with E-state index in [1.54, 1.807) is 30.3 Å². The number of amides is 2. The average molecular weight is 708 g/mol. The van der Waals surface area contributed by atoms with E-state index in [0.29, 0.717) is 49.8 Å². The molecule has 0 saturated carbocycles. The van der Waals surface area contributed by atoms with Crippen LogP contribution in [0.15, 0.2) is 47.4 Å². The van der Waals surface area contributed by atoms with Crippen LogP contribution >= 0.6 is 0 Å². The lowest BCUT2D eigenvalue weighted by molar-refractivity contribution is -0.0907. The summed E-state index contributed by atoms with van der Waals surface area (Å²) in [7, 11) is -2.79. The Morgan fingerprint density at radius 3 is 2.57 bits per heavy atom. The van der Waals surface area contributed by atoms with Gasteiger partial charge in [-0.2, -0.15) is 4.31 Å². The Morgan fingerprint density at radius 2 is 1.82 bits per heavy atom. The minimum absolute atomic E-state index is 0.000227. The van der Waals surface area contributed by atoms with Gasteiger partial charge >= 0.3 is 12.2 Å². The van der Waals surface area contributed by atoms with Crippen LogP contribution in [0.4, 0.5) is 9.59 Å². The molecule has 2 amide bonds. The Kier molecular flexibility index (Phi) is 12.4. The molecule has 0 unspecified atom stereocenters. The van der Waals surface area contributed by atoms with Crippen molar-refractivity contribution in [3.05, 3.63) is 48.0 Å². The monoisotopic (exact) mass is 707 g/mol. The van der Waals surface area contributed by atoms with Crippen molar-refractivity contribution in [2.45, 2.75) is 62.5 Å². The summed E-state index contributed by atoms with van der Waals surface area (Å²) >= 11 is 0. The average Bonchev–Trinajstić information content (AvgIpc) is 3.83. The third-order valence-electron chi connectivity index (χ3n) is 8.38. The number of alkyl carbamates (subject to hydrolysis) is 2. The van der Waals surface area contributed by atoms with Crippen LogP contribution in [0.1, 0.15) is 32.3 Å². The minimum atomic E-state index is -4.08. The van der Waals surface area contributed by atoms with Crippen molar-refractivity contribution in [1.82, 2.24) is 14.9 Å². The summed E-state index contributed by atoms with van der Waals surface area (Å²) in [4.78, 5) is 24.4. The highest BCUT2D eigenvalue weighted by Crippen LogP contribution is 2.35. The summed E-state index contributed by atoms with van der Waals surface area (Å²) in [6.45, 7) is 5.05. The van der Waals surface area contributed by atoms with E-state index in [1.807, 2.05) is 13.8 Å². The zero-order valence-electron chi connectivity index (χ0n) is 27.9. The molecule has 49 heavy (non-hydrogen) atoms. The van der Waals surface area contributed by atoms with Crippen LogP contribution in [-0.2, 0) is 35.4 Å². The molecule has 3 heterocycles. The number of nitrogens with zero attached hydrogens (tertiary/aromatic N) is 1. The number of hydrogen-bond acceptors (Lipinski definition) is 12. The number of aliphatic hydroxyl groups is 1. The van der Waals surface area contributed by atoms with Gasteiger partial charge in [0.25, 0.3) is 0 Å². The van der Waals surface area contributed by atoms with Gasteiger partial charge in [0.1, 0.15) is 11.9 Å². The standard InChI is InChI=1S/C33H45N3O12S/c1-21(2)17-36(49(40,41)24-9-10-28-29(16-24)47-20-46-28)18-27(37)26(35-33(39)48-30-19-45-31-25(30)11-14-44-31)15-22-5-7-23(8-6-22)43-13-4-12-34-32(38)42-3/h5-10,16,21,25-27,30-31,37H,4,11-15,17-20H2,1-3H3,(H,34,38)(H,35,39)/t25-,26-,27+,30-,31+/m0/s1. The fraction of sp³-hybridized carbons (Fsp3) is 0.576. The van der Waals surface area contributed by atoms with Crippen LogP contribution in [0.5, 0.6) is 17.2 Å². The number of sulfonamides is 1. The lowest BCUT2D eigenvalue weighted by Gasteiger charge is -2.31. The molecule has 3 aliphatic heterocycles. The van der Waals surface area contributed by atoms with Gasteiger partial charge in [-0.25, -0.2) is 18.0 Å². The summed E-state index contributed by atoms with van der Waals surface area (Å²) in [5, 5.41) is 17.0. The van der Waals surface area contributed by atoms with E-state index in [2.05, 4.69) is 15.4 Å². The number of methoxy groups -OCH3 is 1. The summed E-state index contributed by atoms with van der Waals surface area (Å²) in [5.74, 6) is 1.22. The third-order valence-corrected chi connectivity index (χ3v) is 10.2. The third kappa shape index (κ3) is 9.66. The topological polar surface area (TPSA) is 180 Å². The van der Waals surface area contributed by atoms with E-state index in [-0.39, 0.29) is 49.6 Å². The van der Waals surface area contributed by atoms with Crippen molar-refractivity contribution in [3.63, 3.8) is 0 Å². The second-order valence-corrected chi connectivity index (χ2v) is 14.4. The van der Waals surface area contributed by atoms with Gasteiger partial charge in [0, 0.05) is 25.7 Å². The first-order chi connectivity index (χ1) is 23.5. The second kappa shape index (κ2) is 16.7. The number of aliphatic hydroxyl groups excluding tert-OH is 1. The van der Waals surface area contributed by atoms with Crippen LogP contribution in [0.2, 0.25) is 0 Å². The maximum Gasteiger partial charge on any atom is 0.407 e. The van der Waals surface area contributed by atoms with Gasteiger partial charge in [0.05, 0.1) is 49.9 Å². The van der Waals surface area contributed by atoms with E-state index >= 15 is 0 Å². The SMILES string of the molecule is COC(=O)NCCCOc1ccc(C[C@H](NC(=O)O[C@H]2CO[C@H]3OCC[C@H]32)[C@H](O)CN(CC(C)C)S(=O)(=O)c2ccc3c(c2)OCO3)cc1. The lowest BCUT2D eigenvalue weighted by Crippen LogP contribution is -2.51. The normalized spacial score (nSPS) is 20.9. The zero-order valence-corrected chi connectivity index (χ0v) is 28.7. The summed E-state index contributed by atoms with van der Waals surface area (Å²) in [6, 6.07) is 10.6. The van der Waals surface area contributed by atoms with Gasteiger partial charge in [-0.1, -0.05) is 26.0 Å². The first kappa shape index (κ1) is 36.5. The van der Waals surface area contributed by atoms with Crippen LogP contribution in [0.3, 0.4) is 0 Å². The Bertz CT molecular complexity index is 1520. The van der Waals surface area contributed by atoms with E-state index in [9.17, 15) is 23.1 Å². The molecule has 3 N–H and O–H groups in total. The number of hydrogen-bond donors (Lipinski definition) is 3. The van der Waals surface area contributed by atoms with Crippen LogP contribution in [0.25, 0.3) is 0 Å². The Morgan fingerprint density at radius 1 is 1.04 bits per heavy atom. The maximum atomic E-state index is 13.9. The predicted octanol–water partition coefficient (Wildman–Crippen LogP) is 2.65. The highest BCUT2D eigenvalue weighted by Gasteiger charge is 2.44. The summed E-state index contributed by atoms with van der Waals surface area (Å²) in [5.41, 5.74) is 0.756. The van der Waals surface area contributed by atoms with Crippen LogP contribution < -0.4 is 24.8 Å². The molecule has 2 fully saturated rings. The molecule has 3 aliphatic rings. The molecule has 16 heteroatoms. The molecule has 0 bridgehead atoms. The quantitative estimate of drug-likeness (QED) is 0.218.